The Bertz CT molecular complexity index is 928. The second-order valence-corrected chi connectivity index (χ2v) is 6.52. The Labute approximate surface area is 161 Å². The Morgan fingerprint density at radius 2 is 1.79 bits per heavy atom. The molecule has 1 aliphatic carbocycles. The average Bonchev–Trinajstić information content (AvgIpc) is 2.70. The number of nitrogens with zero attached hydrogens (tertiary/aromatic N) is 1. The Hall–Kier alpha value is -3.26. The van der Waals surface area contributed by atoms with Crippen LogP contribution in [0.15, 0.2) is 47.2 Å². The van der Waals surface area contributed by atoms with Crippen LogP contribution in [0.4, 0.5) is 0 Å². The van der Waals surface area contributed by atoms with Crippen LogP contribution in [0, 0.1) is 0 Å². The van der Waals surface area contributed by atoms with Gasteiger partial charge in [0.1, 0.15) is 0 Å². The van der Waals surface area contributed by atoms with E-state index in [1.54, 1.807) is 38.4 Å². The molecule has 0 fully saturated rings. The molecular weight excluding hydrogens is 364 g/mol. The quantitative estimate of drug-likeness (QED) is 0.807. The van der Waals surface area contributed by atoms with Gasteiger partial charge in [-0.3, -0.25) is 19.2 Å². The zero-order valence-electron chi connectivity index (χ0n) is 15.8. The van der Waals surface area contributed by atoms with Crippen LogP contribution in [0.5, 0.6) is 0 Å². The van der Waals surface area contributed by atoms with Crippen molar-refractivity contribution in [2.45, 2.75) is 12.7 Å². The van der Waals surface area contributed by atoms with Crippen LogP contribution in [0.25, 0.3) is 0 Å². The van der Waals surface area contributed by atoms with E-state index in [0.29, 0.717) is 0 Å². The van der Waals surface area contributed by atoms with E-state index in [-0.39, 0.29) is 58.5 Å². The maximum Gasteiger partial charge on any atom is 0.286 e. The molecule has 2 amide bonds. The van der Waals surface area contributed by atoms with E-state index in [1.165, 1.54) is 18.1 Å². The molecule has 0 saturated carbocycles. The van der Waals surface area contributed by atoms with Crippen molar-refractivity contribution in [2.75, 3.05) is 27.7 Å². The van der Waals surface area contributed by atoms with Crippen molar-refractivity contribution in [1.82, 2.24) is 10.2 Å². The van der Waals surface area contributed by atoms with Gasteiger partial charge in [0.15, 0.2) is 17.3 Å². The zero-order chi connectivity index (χ0) is 20.4. The molecule has 0 spiro atoms. The summed E-state index contributed by atoms with van der Waals surface area (Å²) < 4.78 is 10.7. The highest BCUT2D eigenvalue weighted by molar-refractivity contribution is 6.28. The lowest BCUT2D eigenvalue weighted by Crippen LogP contribution is -2.38. The summed E-state index contributed by atoms with van der Waals surface area (Å²) in [5.74, 6) is -1.63. The normalized spacial score (nSPS) is 18.0. The number of hydrogen-bond acceptors (Lipinski definition) is 6. The summed E-state index contributed by atoms with van der Waals surface area (Å²) in [6.45, 7) is 0.107. The molecule has 2 aliphatic rings. The lowest BCUT2D eigenvalue weighted by Gasteiger charge is -2.29. The highest BCUT2D eigenvalue weighted by atomic mass is 16.7. The second kappa shape index (κ2) is 7.77. The minimum Gasteiger partial charge on any atom is -0.455 e. The first-order valence-electron chi connectivity index (χ1n) is 8.67. The van der Waals surface area contributed by atoms with Gasteiger partial charge in [0.25, 0.3) is 5.91 Å². The number of methoxy groups -OCH3 is 1. The highest BCUT2D eigenvalue weighted by Crippen LogP contribution is 2.34. The molecule has 0 saturated heterocycles. The predicted octanol–water partition coefficient (Wildman–Crippen LogP) is 0.843. The van der Waals surface area contributed by atoms with Crippen LogP contribution < -0.4 is 5.32 Å². The average molecular weight is 384 g/mol. The molecule has 1 atom stereocenters. The first-order valence-corrected chi connectivity index (χ1v) is 8.67. The third-order valence-corrected chi connectivity index (χ3v) is 4.50. The number of fused-ring (bicyclic) bond motifs is 1. The van der Waals surface area contributed by atoms with Crippen molar-refractivity contribution in [3.63, 3.8) is 0 Å². The maximum atomic E-state index is 12.9. The first kappa shape index (κ1) is 19.5. The number of hydrogen-bond donors (Lipinski definition) is 1. The Kier molecular flexibility index (Phi) is 5.41. The van der Waals surface area contributed by atoms with Crippen LogP contribution in [0.2, 0.25) is 0 Å². The van der Waals surface area contributed by atoms with E-state index >= 15 is 0 Å². The number of allylic oxidation sites excluding steroid dienone is 2. The Morgan fingerprint density at radius 3 is 2.39 bits per heavy atom. The number of amides is 2. The minimum absolute atomic E-state index is 0.0746. The molecule has 8 nitrogen and oxygen atoms in total. The molecule has 0 bridgehead atoms. The summed E-state index contributed by atoms with van der Waals surface area (Å²) in [6, 6.07) is 6.48. The van der Waals surface area contributed by atoms with Gasteiger partial charge in [-0.1, -0.05) is 24.3 Å². The first-order chi connectivity index (χ1) is 13.3. The summed E-state index contributed by atoms with van der Waals surface area (Å²) in [7, 11) is 4.57. The number of carbonyl (C=O) groups excluding carboxylic acids is 4. The number of benzene rings is 1. The van der Waals surface area contributed by atoms with Gasteiger partial charge in [0.2, 0.25) is 12.2 Å². The van der Waals surface area contributed by atoms with Gasteiger partial charge in [-0.05, 0) is 6.08 Å². The maximum absolute atomic E-state index is 12.9. The van der Waals surface area contributed by atoms with Crippen molar-refractivity contribution in [1.29, 1.82) is 0 Å². The van der Waals surface area contributed by atoms with Crippen molar-refractivity contribution in [2.24, 2.45) is 0 Å². The summed E-state index contributed by atoms with van der Waals surface area (Å²) in [5, 5.41) is 2.57. The number of rotatable bonds is 5. The van der Waals surface area contributed by atoms with Gasteiger partial charge >= 0.3 is 0 Å². The summed E-state index contributed by atoms with van der Waals surface area (Å²) in [5.41, 5.74) is 0.706. The monoisotopic (exact) mass is 384 g/mol. The topological polar surface area (TPSA) is 102 Å². The van der Waals surface area contributed by atoms with E-state index < -0.39 is 12.2 Å². The number of nitrogens with one attached hydrogen (secondary N) is 1. The van der Waals surface area contributed by atoms with Crippen LogP contribution in [0.3, 0.4) is 0 Å². The molecule has 28 heavy (non-hydrogen) atoms. The van der Waals surface area contributed by atoms with E-state index in [4.69, 9.17) is 9.47 Å². The molecule has 0 radical (unpaired) electrons. The molecule has 1 aliphatic heterocycles. The van der Waals surface area contributed by atoms with Crippen LogP contribution >= 0.6 is 0 Å². The van der Waals surface area contributed by atoms with Crippen LogP contribution in [0.1, 0.15) is 27.1 Å². The van der Waals surface area contributed by atoms with Gasteiger partial charge in [0, 0.05) is 50.9 Å². The van der Waals surface area contributed by atoms with Crippen molar-refractivity contribution in [3.05, 3.63) is 58.4 Å². The van der Waals surface area contributed by atoms with E-state index in [1.807, 2.05) is 0 Å². The molecular formula is C20H20N2O6. The SMILES string of the molecule is COC1OC(C(=O)NCCC(=O)N(C)C)=CC2=C1C(=O)c1ccccc1C2=O. The molecule has 3 rings (SSSR count). The lowest BCUT2D eigenvalue weighted by molar-refractivity contribution is -0.130. The van der Waals surface area contributed by atoms with E-state index in [0.717, 1.165) is 0 Å². The molecule has 0 aromatic heterocycles. The number of ketones is 2. The van der Waals surface area contributed by atoms with Gasteiger partial charge < -0.3 is 19.7 Å². The molecule has 1 heterocycles. The standard InChI is InChI=1S/C20H20N2O6/c1-22(2)15(23)8-9-21-19(26)14-10-13-16(20(27-3)28-14)18(25)12-7-5-4-6-11(12)17(13)24/h4-7,10,20H,8-9H2,1-3H3,(H,21,26). The Morgan fingerprint density at radius 1 is 1.14 bits per heavy atom. The molecule has 8 heteroatoms. The van der Waals surface area contributed by atoms with Gasteiger partial charge in [-0.15, -0.1) is 0 Å². The molecule has 1 aromatic rings. The van der Waals surface area contributed by atoms with Crippen molar-refractivity contribution in [3.8, 4) is 0 Å². The molecule has 1 N–H and O–H groups in total. The van der Waals surface area contributed by atoms with Crippen molar-refractivity contribution >= 4 is 23.4 Å². The number of carbonyl (C=O) groups is 4. The van der Waals surface area contributed by atoms with Crippen LogP contribution in [-0.4, -0.2) is 62.3 Å². The third-order valence-electron chi connectivity index (χ3n) is 4.50. The largest absolute Gasteiger partial charge is 0.455 e. The van der Waals surface area contributed by atoms with Crippen molar-refractivity contribution < 1.29 is 28.7 Å². The predicted molar refractivity (Wildman–Crippen MR) is 98.4 cm³/mol. The fourth-order valence-electron chi connectivity index (χ4n) is 3.01. The lowest BCUT2D eigenvalue weighted by atomic mass is 9.82. The minimum atomic E-state index is -1.17. The third kappa shape index (κ3) is 3.46. The highest BCUT2D eigenvalue weighted by Gasteiger charge is 2.40. The number of Topliss-reactive ketones (excluding diaryl/α,β-unsaturated/α-hetero) is 2. The zero-order valence-corrected chi connectivity index (χ0v) is 15.8. The van der Waals surface area contributed by atoms with E-state index in [2.05, 4.69) is 5.32 Å². The molecule has 1 aromatic carbocycles. The van der Waals surface area contributed by atoms with E-state index in [9.17, 15) is 19.2 Å². The summed E-state index contributed by atoms with van der Waals surface area (Å²) >= 11 is 0. The Balaban J connectivity index is 1.86. The fraction of sp³-hybridized carbons (Fsp3) is 0.300. The summed E-state index contributed by atoms with van der Waals surface area (Å²) in [4.78, 5) is 51.1. The second-order valence-electron chi connectivity index (χ2n) is 6.52. The van der Waals surface area contributed by atoms with Gasteiger partial charge in [-0.25, -0.2) is 0 Å². The van der Waals surface area contributed by atoms with Gasteiger partial charge in [0.05, 0.1) is 5.57 Å². The summed E-state index contributed by atoms with van der Waals surface area (Å²) in [6.07, 6.45) is 0.205. The molecule has 1 unspecified atom stereocenters. The number of ether oxygens (including phenoxy) is 2. The fourth-order valence-corrected chi connectivity index (χ4v) is 3.01. The smallest absolute Gasteiger partial charge is 0.286 e. The van der Waals surface area contributed by atoms with Gasteiger partial charge in [-0.2, -0.15) is 0 Å². The van der Waals surface area contributed by atoms with Crippen LogP contribution in [-0.2, 0) is 19.1 Å². The molecule has 146 valence electrons.